The number of ketones is 1. The third-order valence-corrected chi connectivity index (χ3v) is 7.37. The van der Waals surface area contributed by atoms with Gasteiger partial charge in [-0.25, -0.2) is 4.79 Å². The quantitative estimate of drug-likeness (QED) is 0.314. The molecule has 0 N–H and O–H groups in total. The molecule has 6 heteroatoms. The van der Waals surface area contributed by atoms with Crippen LogP contribution in [0.1, 0.15) is 48.5 Å². The SMILES string of the molecule is Cc1cc(C)c(C)c(C(=O)c2ccccc2[P+](=O)C(=O)c2c(Cl)cccc2Cl)c1C. The van der Waals surface area contributed by atoms with Crippen LogP contribution in [-0.4, -0.2) is 11.3 Å². The lowest BCUT2D eigenvalue weighted by Crippen LogP contribution is -2.18. The van der Waals surface area contributed by atoms with Crippen molar-refractivity contribution in [3.8, 4) is 0 Å². The summed E-state index contributed by atoms with van der Waals surface area (Å²) in [5.41, 5.74) is 3.86. The Morgan fingerprint density at radius 3 is 1.87 bits per heavy atom. The van der Waals surface area contributed by atoms with E-state index in [0.29, 0.717) is 5.56 Å². The normalized spacial score (nSPS) is 11.3. The Labute approximate surface area is 186 Å². The molecule has 0 bridgehead atoms. The summed E-state index contributed by atoms with van der Waals surface area (Å²) >= 11 is 12.3. The average molecular weight is 458 g/mol. The van der Waals surface area contributed by atoms with Gasteiger partial charge in [-0.3, -0.25) is 4.79 Å². The van der Waals surface area contributed by atoms with Crippen LogP contribution in [0.4, 0.5) is 0 Å². The Balaban J connectivity index is 2.13. The number of rotatable bonds is 5. The van der Waals surface area contributed by atoms with Crippen molar-refractivity contribution in [1.29, 1.82) is 0 Å². The predicted octanol–water partition coefficient (Wildman–Crippen LogP) is 6.75. The molecule has 0 heterocycles. The predicted molar refractivity (Wildman–Crippen MR) is 123 cm³/mol. The highest BCUT2D eigenvalue weighted by Crippen LogP contribution is 2.35. The van der Waals surface area contributed by atoms with Crippen molar-refractivity contribution in [3.05, 3.63) is 97.5 Å². The third kappa shape index (κ3) is 3.98. The van der Waals surface area contributed by atoms with Gasteiger partial charge in [-0.05, 0) is 74.2 Å². The Morgan fingerprint density at radius 1 is 0.767 bits per heavy atom. The minimum absolute atomic E-state index is 0.00274. The van der Waals surface area contributed by atoms with Gasteiger partial charge in [0.25, 0.3) is 0 Å². The van der Waals surface area contributed by atoms with Crippen molar-refractivity contribution in [1.82, 2.24) is 0 Å². The van der Waals surface area contributed by atoms with Gasteiger partial charge in [0, 0.05) is 5.56 Å². The van der Waals surface area contributed by atoms with Crippen molar-refractivity contribution in [2.45, 2.75) is 27.7 Å². The van der Waals surface area contributed by atoms with Gasteiger partial charge in [-0.15, -0.1) is 0 Å². The molecular weight excluding hydrogens is 438 g/mol. The van der Waals surface area contributed by atoms with Gasteiger partial charge in [-0.1, -0.05) is 52.0 Å². The van der Waals surface area contributed by atoms with Crippen LogP contribution in [0, 0.1) is 27.7 Å². The highest BCUT2D eigenvalue weighted by Gasteiger charge is 2.39. The van der Waals surface area contributed by atoms with E-state index in [1.807, 2.05) is 33.8 Å². The average Bonchev–Trinajstić information content (AvgIpc) is 2.71. The third-order valence-electron chi connectivity index (χ3n) is 5.32. The molecule has 0 aromatic heterocycles. The van der Waals surface area contributed by atoms with Gasteiger partial charge in [0.15, 0.2) is 5.78 Å². The summed E-state index contributed by atoms with van der Waals surface area (Å²) in [6, 6.07) is 13.2. The van der Waals surface area contributed by atoms with E-state index in [1.54, 1.807) is 30.3 Å². The number of hydrogen-bond acceptors (Lipinski definition) is 3. The Morgan fingerprint density at radius 2 is 1.30 bits per heavy atom. The molecular formula is C24H20Cl2O3P+. The van der Waals surface area contributed by atoms with Gasteiger partial charge >= 0.3 is 13.3 Å². The molecule has 0 spiro atoms. The lowest BCUT2D eigenvalue weighted by molar-refractivity contribution is 0.103. The van der Waals surface area contributed by atoms with Crippen LogP contribution >= 0.6 is 31.0 Å². The van der Waals surface area contributed by atoms with E-state index in [1.165, 1.54) is 12.1 Å². The molecule has 3 rings (SSSR count). The highest BCUT2D eigenvalue weighted by molar-refractivity contribution is 7.71. The molecule has 0 amide bonds. The van der Waals surface area contributed by atoms with Crippen molar-refractivity contribution in [2.75, 3.05) is 0 Å². The standard InChI is InChI=1S/C24H20Cl2O3P/c1-13-12-14(2)16(4)21(15(13)3)23(27)17-8-5-6-11-20(17)30(29)24(28)22-18(25)9-7-10-19(22)26/h5-12H,1-4H3/q+1. The minimum atomic E-state index is -2.60. The summed E-state index contributed by atoms with van der Waals surface area (Å²) in [6.07, 6.45) is 0. The first-order valence-electron chi connectivity index (χ1n) is 9.31. The second-order valence-corrected chi connectivity index (χ2v) is 9.47. The zero-order chi connectivity index (χ0) is 22.2. The van der Waals surface area contributed by atoms with E-state index >= 15 is 0 Å². The monoisotopic (exact) mass is 457 g/mol. The minimum Gasteiger partial charge on any atom is -0.288 e. The zero-order valence-electron chi connectivity index (χ0n) is 17.0. The van der Waals surface area contributed by atoms with E-state index in [9.17, 15) is 14.2 Å². The van der Waals surface area contributed by atoms with Crippen LogP contribution in [0.25, 0.3) is 0 Å². The van der Waals surface area contributed by atoms with E-state index in [4.69, 9.17) is 23.2 Å². The van der Waals surface area contributed by atoms with Gasteiger partial charge in [0.2, 0.25) is 5.30 Å². The van der Waals surface area contributed by atoms with Crippen LogP contribution in [0.5, 0.6) is 0 Å². The maximum absolute atomic E-state index is 13.5. The molecule has 0 fully saturated rings. The summed E-state index contributed by atoms with van der Waals surface area (Å²) in [5, 5.41) is 0.428. The molecule has 3 aromatic carbocycles. The lowest BCUT2D eigenvalue weighted by atomic mass is 9.89. The molecule has 0 aliphatic rings. The Kier molecular flexibility index (Phi) is 6.57. The van der Waals surface area contributed by atoms with Crippen LogP contribution in [-0.2, 0) is 4.57 Å². The van der Waals surface area contributed by atoms with E-state index in [2.05, 4.69) is 0 Å². The largest absolute Gasteiger partial charge is 0.459 e. The van der Waals surface area contributed by atoms with Crippen LogP contribution in [0.2, 0.25) is 10.0 Å². The highest BCUT2D eigenvalue weighted by atomic mass is 35.5. The topological polar surface area (TPSA) is 51.2 Å². The summed E-state index contributed by atoms with van der Waals surface area (Å²) in [4.78, 5) is 26.5. The van der Waals surface area contributed by atoms with Crippen LogP contribution < -0.4 is 5.30 Å². The molecule has 0 aliphatic carbocycles. The van der Waals surface area contributed by atoms with Crippen molar-refractivity contribution >= 4 is 47.6 Å². The maximum atomic E-state index is 13.5. The van der Waals surface area contributed by atoms with Gasteiger partial charge in [-0.2, -0.15) is 0 Å². The fourth-order valence-corrected chi connectivity index (χ4v) is 5.43. The number of aryl methyl sites for hydroxylation is 2. The van der Waals surface area contributed by atoms with Crippen molar-refractivity contribution in [2.24, 2.45) is 0 Å². The summed E-state index contributed by atoms with van der Waals surface area (Å²) < 4.78 is 13.2. The summed E-state index contributed by atoms with van der Waals surface area (Å²) in [7, 11) is -2.60. The van der Waals surface area contributed by atoms with E-state index < -0.39 is 13.3 Å². The molecule has 0 saturated carbocycles. The van der Waals surface area contributed by atoms with Crippen LogP contribution in [0.3, 0.4) is 0 Å². The number of carbonyl (C=O) groups excluding carboxylic acids is 2. The molecule has 3 aromatic rings. The van der Waals surface area contributed by atoms with E-state index in [-0.39, 0.29) is 32.3 Å². The first-order chi connectivity index (χ1) is 14.1. The smallest absolute Gasteiger partial charge is 0.288 e. The molecule has 0 aliphatic heterocycles. The van der Waals surface area contributed by atoms with Crippen LogP contribution in [0.15, 0.2) is 48.5 Å². The summed E-state index contributed by atoms with van der Waals surface area (Å²) in [6.45, 7) is 7.69. The number of carbonyl (C=O) groups is 2. The van der Waals surface area contributed by atoms with Gasteiger partial charge in [0.1, 0.15) is 5.56 Å². The molecule has 1 atom stereocenters. The number of benzene rings is 3. The zero-order valence-corrected chi connectivity index (χ0v) is 19.5. The molecule has 0 radical (unpaired) electrons. The fraction of sp³-hybridized carbons (Fsp3) is 0.167. The number of halogens is 2. The second kappa shape index (κ2) is 8.81. The van der Waals surface area contributed by atoms with Crippen molar-refractivity contribution < 1.29 is 14.2 Å². The fourth-order valence-electron chi connectivity index (χ4n) is 3.45. The second-order valence-electron chi connectivity index (χ2n) is 7.18. The Bertz CT molecular complexity index is 1170. The maximum Gasteiger partial charge on any atom is 0.459 e. The van der Waals surface area contributed by atoms with Crippen molar-refractivity contribution in [3.63, 3.8) is 0 Å². The first kappa shape index (κ1) is 22.4. The molecule has 30 heavy (non-hydrogen) atoms. The lowest BCUT2D eigenvalue weighted by Gasteiger charge is -2.14. The first-order valence-corrected chi connectivity index (χ1v) is 11.3. The Hall–Kier alpha value is -2.32. The summed E-state index contributed by atoms with van der Waals surface area (Å²) in [5.74, 6) is -0.256. The molecule has 3 nitrogen and oxygen atoms in total. The molecule has 1 unspecified atom stereocenters. The van der Waals surface area contributed by atoms with E-state index in [0.717, 1.165) is 22.3 Å². The van der Waals surface area contributed by atoms with Gasteiger partial charge < -0.3 is 0 Å². The van der Waals surface area contributed by atoms with Gasteiger partial charge in [0.05, 0.1) is 15.6 Å². The molecule has 152 valence electrons. The number of hydrogen-bond donors (Lipinski definition) is 0. The molecule has 0 saturated heterocycles.